The molecule has 0 fully saturated rings. The standard InChI is InChI=1S/C60H58BN3S/c1-57(2,3)35-21-26-40(27-22-35)63-48-19-16-20-49-52(48)61(56-54(63)44-33-38(60(10,11)12)25-30-50(44)65-56)45-34-42-41-31-36(58(4,5)6)23-28-46(41)62(39-17-14-13-15-18-39)53(42)51-43-32-37(59(7,8)9)24-29-47(43)64(49)55(45)51/h13-34H,1-12H3. The van der Waals surface area contributed by atoms with Crippen LogP contribution in [0.15, 0.2) is 133 Å². The highest BCUT2D eigenvalue weighted by atomic mass is 32.1. The summed E-state index contributed by atoms with van der Waals surface area (Å²) < 4.78 is 7.97. The summed E-state index contributed by atoms with van der Waals surface area (Å²) >= 11 is 2.00. The van der Waals surface area contributed by atoms with E-state index in [4.69, 9.17) is 0 Å². The van der Waals surface area contributed by atoms with E-state index < -0.39 is 0 Å². The fourth-order valence-corrected chi connectivity index (χ4v) is 12.4. The van der Waals surface area contributed by atoms with Gasteiger partial charge in [0.05, 0.1) is 27.8 Å². The van der Waals surface area contributed by atoms with Gasteiger partial charge in [0, 0.05) is 59.2 Å². The van der Waals surface area contributed by atoms with Gasteiger partial charge in [0.25, 0.3) is 6.71 Å². The van der Waals surface area contributed by atoms with Crippen LogP contribution in [0.25, 0.3) is 65.1 Å². The van der Waals surface area contributed by atoms with Crippen LogP contribution >= 0.6 is 11.3 Å². The predicted molar refractivity (Wildman–Crippen MR) is 285 cm³/mol. The second-order valence-electron chi connectivity index (χ2n) is 23.1. The van der Waals surface area contributed by atoms with E-state index in [1.807, 2.05) is 11.3 Å². The van der Waals surface area contributed by atoms with Crippen LogP contribution in [0.5, 0.6) is 0 Å². The third kappa shape index (κ3) is 5.80. The van der Waals surface area contributed by atoms with Gasteiger partial charge >= 0.3 is 0 Å². The summed E-state index contributed by atoms with van der Waals surface area (Å²) in [6.07, 6.45) is 0. The average Bonchev–Trinajstić information content (AvgIpc) is 3.92. The summed E-state index contributed by atoms with van der Waals surface area (Å²) in [5.74, 6) is 0. The van der Waals surface area contributed by atoms with Gasteiger partial charge in [0.15, 0.2) is 0 Å². The van der Waals surface area contributed by atoms with Crippen molar-refractivity contribution in [3.63, 3.8) is 0 Å². The van der Waals surface area contributed by atoms with Gasteiger partial charge in [-0.15, -0.1) is 11.3 Å². The van der Waals surface area contributed by atoms with Gasteiger partial charge < -0.3 is 14.0 Å². The van der Waals surface area contributed by atoms with E-state index in [0.717, 1.165) is 0 Å². The fourth-order valence-electron chi connectivity index (χ4n) is 11.1. The third-order valence-electron chi connectivity index (χ3n) is 14.7. The molecule has 0 radical (unpaired) electrons. The minimum absolute atomic E-state index is 0.00496. The minimum atomic E-state index is -0.0231. The zero-order valence-electron chi connectivity index (χ0n) is 40.0. The van der Waals surface area contributed by atoms with E-state index in [9.17, 15) is 0 Å². The molecule has 2 aliphatic rings. The fraction of sp³-hybridized carbons (Fsp3) is 0.267. The average molecular weight is 864 g/mol. The smallest absolute Gasteiger partial charge is 0.264 e. The Morgan fingerprint density at radius 2 is 0.985 bits per heavy atom. The number of hydrogen-bond acceptors (Lipinski definition) is 2. The first-order valence-corrected chi connectivity index (χ1v) is 24.4. The molecular weight excluding hydrogens is 806 g/mol. The quantitative estimate of drug-likeness (QED) is 0.158. The lowest BCUT2D eigenvalue weighted by Gasteiger charge is -2.39. The van der Waals surface area contributed by atoms with Crippen LogP contribution in [0.3, 0.4) is 0 Å². The van der Waals surface area contributed by atoms with Crippen LogP contribution in [-0.2, 0) is 21.7 Å². The Morgan fingerprint density at radius 3 is 1.62 bits per heavy atom. The van der Waals surface area contributed by atoms with Crippen molar-refractivity contribution in [1.29, 1.82) is 0 Å². The molecule has 0 bridgehead atoms. The zero-order valence-corrected chi connectivity index (χ0v) is 40.8. The second-order valence-corrected chi connectivity index (χ2v) is 24.2. The van der Waals surface area contributed by atoms with Gasteiger partial charge in [-0.25, -0.2) is 0 Å². The normalized spacial score (nSPS) is 14.1. The van der Waals surface area contributed by atoms with Crippen molar-refractivity contribution in [2.24, 2.45) is 0 Å². The maximum absolute atomic E-state index is 2.64. The first kappa shape index (κ1) is 40.5. The van der Waals surface area contributed by atoms with Crippen molar-refractivity contribution < 1.29 is 0 Å². The van der Waals surface area contributed by atoms with Crippen molar-refractivity contribution in [3.8, 4) is 11.4 Å². The molecule has 0 unspecified atom stereocenters. The zero-order chi connectivity index (χ0) is 45.3. The largest absolute Gasteiger partial charge is 0.310 e. The van der Waals surface area contributed by atoms with Crippen molar-refractivity contribution >= 4 is 105 Å². The molecule has 0 saturated heterocycles. The van der Waals surface area contributed by atoms with E-state index in [-0.39, 0.29) is 28.4 Å². The van der Waals surface area contributed by atoms with Crippen LogP contribution in [-0.4, -0.2) is 15.8 Å². The van der Waals surface area contributed by atoms with Crippen LogP contribution in [0, 0.1) is 0 Å². The second kappa shape index (κ2) is 13.3. The highest BCUT2D eigenvalue weighted by molar-refractivity contribution is 7.33. The monoisotopic (exact) mass is 863 g/mol. The molecule has 0 atom stereocenters. The summed E-state index contributed by atoms with van der Waals surface area (Å²) in [5, 5.41) is 6.61. The van der Waals surface area contributed by atoms with Crippen LogP contribution in [0.1, 0.15) is 105 Å². The van der Waals surface area contributed by atoms with E-state index in [1.165, 1.54) is 120 Å². The molecular formula is C60H58BN3S. The molecule has 0 aliphatic carbocycles. The van der Waals surface area contributed by atoms with E-state index in [0.29, 0.717) is 0 Å². The molecule has 3 aromatic heterocycles. The minimum Gasteiger partial charge on any atom is -0.310 e. The Labute approximate surface area is 388 Å². The third-order valence-corrected chi connectivity index (χ3v) is 15.9. The van der Waals surface area contributed by atoms with Gasteiger partial charge in [-0.3, -0.25) is 0 Å². The number of benzene rings is 7. The van der Waals surface area contributed by atoms with Crippen LogP contribution in [0.2, 0.25) is 0 Å². The number of rotatable bonds is 2. The molecule has 5 heteroatoms. The molecule has 0 spiro atoms. The van der Waals surface area contributed by atoms with Crippen molar-refractivity contribution in [1.82, 2.24) is 9.13 Å². The molecule has 5 heterocycles. The van der Waals surface area contributed by atoms with Crippen molar-refractivity contribution in [2.45, 2.75) is 105 Å². The summed E-state index contributed by atoms with van der Waals surface area (Å²) in [5.41, 5.74) is 19.6. The van der Waals surface area contributed by atoms with Gasteiger partial charge in [0.1, 0.15) is 0 Å². The summed E-state index contributed by atoms with van der Waals surface area (Å²) in [4.78, 5) is 2.61. The van der Waals surface area contributed by atoms with Crippen LogP contribution < -0.4 is 20.6 Å². The lowest BCUT2D eigenvalue weighted by atomic mass is 9.36. The highest BCUT2D eigenvalue weighted by Crippen LogP contribution is 2.49. The molecule has 0 amide bonds. The Kier molecular flexibility index (Phi) is 8.28. The van der Waals surface area contributed by atoms with Gasteiger partial charge in [-0.1, -0.05) is 144 Å². The molecule has 12 rings (SSSR count). The maximum Gasteiger partial charge on any atom is 0.264 e. The number of anilines is 3. The van der Waals surface area contributed by atoms with E-state index in [2.05, 4.69) is 231 Å². The Morgan fingerprint density at radius 1 is 0.431 bits per heavy atom. The number of aromatic nitrogens is 2. The van der Waals surface area contributed by atoms with Gasteiger partial charge in [0.2, 0.25) is 0 Å². The number of para-hydroxylation sites is 1. The SMILES string of the molecule is CC(C)(C)c1ccc(N2c3cccc4c3B(c3sc5ccc(C(C)(C)C)cc5c32)c2cc3c5cc(C(C)(C)C)ccc5n(-c5ccccc5)c3c3c5cc(C(C)(C)C)ccc5n-4c23)cc1. The molecule has 3 nitrogen and oxygen atoms in total. The molecule has 65 heavy (non-hydrogen) atoms. The molecule has 10 aromatic rings. The lowest BCUT2D eigenvalue weighted by Crippen LogP contribution is -2.59. The van der Waals surface area contributed by atoms with E-state index >= 15 is 0 Å². The number of fused-ring (bicyclic) bond motifs is 13. The molecule has 7 aromatic carbocycles. The first-order valence-electron chi connectivity index (χ1n) is 23.6. The lowest BCUT2D eigenvalue weighted by molar-refractivity contribution is 0.590. The molecule has 0 saturated carbocycles. The van der Waals surface area contributed by atoms with Gasteiger partial charge in [-0.2, -0.15) is 0 Å². The van der Waals surface area contributed by atoms with Crippen LogP contribution in [0.4, 0.5) is 17.1 Å². The number of thiophene rings is 1. The number of hydrogen-bond donors (Lipinski definition) is 0. The summed E-state index contributed by atoms with van der Waals surface area (Å²) in [7, 11) is 0. The Hall–Kier alpha value is -6.04. The van der Waals surface area contributed by atoms with Gasteiger partial charge in [-0.05, 0) is 128 Å². The topological polar surface area (TPSA) is 13.1 Å². The molecule has 322 valence electrons. The Bertz CT molecular complexity index is 3630. The molecule has 0 N–H and O–H groups in total. The highest BCUT2D eigenvalue weighted by Gasteiger charge is 2.45. The number of nitrogens with zero attached hydrogens (tertiary/aromatic N) is 3. The predicted octanol–water partition coefficient (Wildman–Crippen LogP) is 14.9. The summed E-state index contributed by atoms with van der Waals surface area (Å²) in [6, 6.07) is 52.1. The summed E-state index contributed by atoms with van der Waals surface area (Å²) in [6.45, 7) is 28.0. The van der Waals surface area contributed by atoms with E-state index in [1.54, 1.807) is 0 Å². The maximum atomic E-state index is 2.64. The molecule has 2 aliphatic heterocycles. The van der Waals surface area contributed by atoms with Crippen molar-refractivity contribution in [2.75, 3.05) is 4.90 Å². The Balaban J connectivity index is 1.29. The first-order chi connectivity index (χ1) is 30.8. The van der Waals surface area contributed by atoms with Crippen molar-refractivity contribution in [3.05, 3.63) is 156 Å².